The Bertz CT molecular complexity index is 408. The predicted molar refractivity (Wildman–Crippen MR) is 63.2 cm³/mol. The third-order valence-corrected chi connectivity index (χ3v) is 3.38. The minimum absolute atomic E-state index is 0.173. The van der Waals surface area contributed by atoms with E-state index in [2.05, 4.69) is 10.4 Å². The topological polar surface area (TPSA) is 67.2 Å². The summed E-state index contributed by atoms with van der Waals surface area (Å²) in [7, 11) is 1.84. The first-order chi connectivity index (χ1) is 8.01. The zero-order valence-corrected chi connectivity index (χ0v) is 10.3. The van der Waals surface area contributed by atoms with E-state index >= 15 is 0 Å². The number of nitrogens with zero attached hydrogens (tertiary/aromatic N) is 2. The summed E-state index contributed by atoms with van der Waals surface area (Å²) in [5.74, 6) is -0.270. The van der Waals surface area contributed by atoms with Gasteiger partial charge >= 0.3 is 0 Å². The summed E-state index contributed by atoms with van der Waals surface area (Å²) in [6.07, 6.45) is 4.80. The van der Waals surface area contributed by atoms with Gasteiger partial charge in [-0.3, -0.25) is 9.48 Å². The fourth-order valence-electron chi connectivity index (χ4n) is 2.26. The summed E-state index contributed by atoms with van der Waals surface area (Å²) in [6.45, 7) is 1.87. The van der Waals surface area contributed by atoms with Crippen molar-refractivity contribution in [3.8, 4) is 0 Å². The molecule has 17 heavy (non-hydrogen) atoms. The zero-order chi connectivity index (χ0) is 12.5. The van der Waals surface area contributed by atoms with E-state index in [4.69, 9.17) is 0 Å². The molecule has 94 valence electrons. The molecule has 1 aliphatic rings. The Balaban J connectivity index is 1.99. The molecule has 0 saturated heterocycles. The van der Waals surface area contributed by atoms with Crippen molar-refractivity contribution in [1.29, 1.82) is 0 Å². The van der Waals surface area contributed by atoms with Crippen LogP contribution in [-0.4, -0.2) is 26.4 Å². The van der Waals surface area contributed by atoms with Gasteiger partial charge in [-0.05, 0) is 38.7 Å². The van der Waals surface area contributed by atoms with E-state index in [1.807, 2.05) is 26.2 Å². The molecule has 0 radical (unpaired) electrons. The lowest BCUT2D eigenvalue weighted by molar-refractivity contribution is -0.139. The number of aromatic nitrogens is 2. The van der Waals surface area contributed by atoms with Gasteiger partial charge in [-0.2, -0.15) is 5.10 Å². The number of carbonyl (C=O) groups is 1. The highest BCUT2D eigenvalue weighted by molar-refractivity contribution is 5.85. The first-order valence-electron chi connectivity index (χ1n) is 6.04. The van der Waals surface area contributed by atoms with Crippen LogP contribution in [0.1, 0.15) is 44.3 Å². The van der Waals surface area contributed by atoms with Crippen molar-refractivity contribution in [3.63, 3.8) is 0 Å². The van der Waals surface area contributed by atoms with Crippen molar-refractivity contribution in [2.24, 2.45) is 7.05 Å². The van der Waals surface area contributed by atoms with E-state index in [1.165, 1.54) is 0 Å². The molecular formula is C12H19N3O2. The third kappa shape index (κ3) is 2.49. The van der Waals surface area contributed by atoms with Crippen LogP contribution in [-0.2, 0) is 11.8 Å². The van der Waals surface area contributed by atoms with Gasteiger partial charge in [0.1, 0.15) is 5.60 Å². The summed E-state index contributed by atoms with van der Waals surface area (Å²) >= 11 is 0. The minimum atomic E-state index is -1.16. The molecule has 1 aliphatic carbocycles. The van der Waals surface area contributed by atoms with Crippen LogP contribution < -0.4 is 5.32 Å². The van der Waals surface area contributed by atoms with Crippen LogP contribution >= 0.6 is 0 Å². The van der Waals surface area contributed by atoms with Gasteiger partial charge in [0.25, 0.3) is 5.91 Å². The Morgan fingerprint density at radius 3 is 2.76 bits per heavy atom. The summed E-state index contributed by atoms with van der Waals surface area (Å²) in [5.41, 5.74) is -0.356. The molecule has 5 nitrogen and oxygen atoms in total. The second-order valence-electron chi connectivity index (χ2n) is 4.85. The van der Waals surface area contributed by atoms with E-state index in [9.17, 15) is 9.90 Å². The fourth-order valence-corrected chi connectivity index (χ4v) is 2.26. The Kier molecular flexibility index (Phi) is 3.19. The largest absolute Gasteiger partial charge is 0.380 e. The van der Waals surface area contributed by atoms with Gasteiger partial charge in [0.15, 0.2) is 0 Å². The molecule has 0 bridgehead atoms. The molecule has 0 spiro atoms. The molecule has 1 saturated carbocycles. The van der Waals surface area contributed by atoms with E-state index in [-0.39, 0.29) is 11.9 Å². The molecule has 1 fully saturated rings. The van der Waals surface area contributed by atoms with E-state index in [0.717, 1.165) is 18.5 Å². The Hall–Kier alpha value is -1.36. The number of aliphatic hydroxyl groups is 1. The Labute approximate surface area is 101 Å². The Morgan fingerprint density at radius 1 is 1.59 bits per heavy atom. The number of amides is 1. The number of rotatable bonds is 3. The van der Waals surface area contributed by atoms with Crippen LogP contribution in [0.4, 0.5) is 0 Å². The highest BCUT2D eigenvalue weighted by atomic mass is 16.3. The van der Waals surface area contributed by atoms with Crippen LogP contribution in [0.2, 0.25) is 0 Å². The normalized spacial score (nSPS) is 20.2. The van der Waals surface area contributed by atoms with Crippen molar-refractivity contribution in [2.75, 3.05) is 0 Å². The highest BCUT2D eigenvalue weighted by Gasteiger charge is 2.39. The van der Waals surface area contributed by atoms with Crippen molar-refractivity contribution < 1.29 is 9.90 Å². The fraction of sp³-hybridized carbons (Fsp3) is 0.667. The van der Waals surface area contributed by atoms with E-state index in [0.29, 0.717) is 12.8 Å². The summed E-state index contributed by atoms with van der Waals surface area (Å²) in [6, 6.07) is 1.69. The average Bonchev–Trinajstić information content (AvgIpc) is 2.88. The van der Waals surface area contributed by atoms with Gasteiger partial charge < -0.3 is 10.4 Å². The van der Waals surface area contributed by atoms with Crippen molar-refractivity contribution in [2.45, 2.75) is 44.2 Å². The maximum atomic E-state index is 12.0. The lowest BCUT2D eigenvalue weighted by Gasteiger charge is -2.23. The number of hydrogen-bond donors (Lipinski definition) is 2. The average molecular weight is 237 g/mol. The van der Waals surface area contributed by atoms with Crippen molar-refractivity contribution in [1.82, 2.24) is 15.1 Å². The lowest BCUT2D eigenvalue weighted by Crippen LogP contribution is -2.45. The first-order valence-corrected chi connectivity index (χ1v) is 6.04. The van der Waals surface area contributed by atoms with Gasteiger partial charge in [-0.25, -0.2) is 0 Å². The van der Waals surface area contributed by atoms with Crippen LogP contribution in [0.5, 0.6) is 0 Å². The number of aryl methyl sites for hydroxylation is 1. The molecule has 0 aliphatic heterocycles. The molecule has 5 heteroatoms. The van der Waals surface area contributed by atoms with Crippen LogP contribution in [0.3, 0.4) is 0 Å². The second kappa shape index (κ2) is 4.49. The van der Waals surface area contributed by atoms with Gasteiger partial charge in [0.2, 0.25) is 0 Å². The van der Waals surface area contributed by atoms with Gasteiger partial charge in [0.05, 0.1) is 11.7 Å². The van der Waals surface area contributed by atoms with Crippen LogP contribution in [0.25, 0.3) is 0 Å². The zero-order valence-electron chi connectivity index (χ0n) is 10.3. The van der Waals surface area contributed by atoms with E-state index < -0.39 is 5.60 Å². The molecule has 1 heterocycles. The third-order valence-electron chi connectivity index (χ3n) is 3.38. The summed E-state index contributed by atoms with van der Waals surface area (Å²) in [5, 5.41) is 17.2. The molecular weight excluding hydrogens is 218 g/mol. The van der Waals surface area contributed by atoms with Gasteiger partial charge in [0, 0.05) is 13.2 Å². The molecule has 1 aromatic rings. The lowest BCUT2D eigenvalue weighted by atomic mass is 10.0. The molecule has 2 N–H and O–H groups in total. The predicted octanol–water partition coefficient (Wildman–Crippen LogP) is 0.902. The number of hydrogen-bond acceptors (Lipinski definition) is 3. The first kappa shape index (κ1) is 12.1. The molecule has 1 atom stereocenters. The molecule has 0 aromatic carbocycles. The SMILES string of the molecule is C[C@H](NC(=O)C1(O)CCCC1)c1ccn(C)n1. The maximum Gasteiger partial charge on any atom is 0.252 e. The van der Waals surface area contributed by atoms with Gasteiger partial charge in [-0.1, -0.05) is 0 Å². The molecule has 1 amide bonds. The van der Waals surface area contributed by atoms with Gasteiger partial charge in [-0.15, -0.1) is 0 Å². The van der Waals surface area contributed by atoms with Crippen molar-refractivity contribution in [3.05, 3.63) is 18.0 Å². The van der Waals surface area contributed by atoms with Crippen molar-refractivity contribution >= 4 is 5.91 Å². The number of carbonyl (C=O) groups excluding carboxylic acids is 1. The molecule has 0 unspecified atom stereocenters. The highest BCUT2D eigenvalue weighted by Crippen LogP contribution is 2.30. The molecule has 2 rings (SSSR count). The monoisotopic (exact) mass is 237 g/mol. The molecule has 1 aromatic heterocycles. The maximum absolute atomic E-state index is 12.0. The van der Waals surface area contributed by atoms with Crippen LogP contribution in [0, 0.1) is 0 Å². The van der Waals surface area contributed by atoms with Crippen LogP contribution in [0.15, 0.2) is 12.3 Å². The summed E-state index contributed by atoms with van der Waals surface area (Å²) in [4.78, 5) is 12.0. The quantitative estimate of drug-likeness (QED) is 0.821. The van der Waals surface area contributed by atoms with E-state index in [1.54, 1.807) is 4.68 Å². The second-order valence-corrected chi connectivity index (χ2v) is 4.85. The summed E-state index contributed by atoms with van der Waals surface area (Å²) < 4.78 is 1.70. The number of nitrogens with one attached hydrogen (secondary N) is 1. The minimum Gasteiger partial charge on any atom is -0.380 e. The smallest absolute Gasteiger partial charge is 0.252 e. The standard InChI is InChI=1S/C12H19N3O2/c1-9(10-5-8-15(2)14-10)13-11(16)12(17)6-3-4-7-12/h5,8-9,17H,3-4,6-7H2,1-2H3,(H,13,16)/t9-/m0/s1. The Morgan fingerprint density at radius 2 is 2.24 bits per heavy atom.